The van der Waals surface area contributed by atoms with Crippen LogP contribution in [0.15, 0.2) is 36.7 Å². The highest BCUT2D eigenvalue weighted by atomic mass is 16.5. The molecule has 1 atom stereocenters. The molecule has 0 fully saturated rings. The zero-order valence-electron chi connectivity index (χ0n) is 12.0. The Morgan fingerprint density at radius 1 is 1.30 bits per heavy atom. The fraction of sp³-hybridized carbons (Fsp3) is 0.400. The molecule has 2 aromatic rings. The molecule has 1 heterocycles. The molecule has 0 saturated carbocycles. The van der Waals surface area contributed by atoms with E-state index in [1.807, 2.05) is 43.6 Å². The quantitative estimate of drug-likeness (QED) is 0.599. The fourth-order valence-corrected chi connectivity index (χ4v) is 2.24. The summed E-state index contributed by atoms with van der Waals surface area (Å²) < 4.78 is 7.57. The molecule has 0 aliphatic carbocycles. The van der Waals surface area contributed by atoms with Gasteiger partial charge in [0.2, 0.25) is 0 Å². The van der Waals surface area contributed by atoms with Crippen LogP contribution in [0.3, 0.4) is 0 Å². The first-order valence-electron chi connectivity index (χ1n) is 6.97. The van der Waals surface area contributed by atoms with Crippen LogP contribution in [0.25, 0.3) is 0 Å². The first kappa shape index (κ1) is 14.6. The van der Waals surface area contributed by atoms with Gasteiger partial charge in [-0.15, -0.1) is 0 Å². The highest BCUT2D eigenvalue weighted by Gasteiger charge is 2.13. The Morgan fingerprint density at radius 3 is 2.65 bits per heavy atom. The van der Waals surface area contributed by atoms with Gasteiger partial charge >= 0.3 is 0 Å². The molecule has 0 saturated heterocycles. The largest absolute Gasteiger partial charge is 0.494 e. The highest BCUT2D eigenvalue weighted by molar-refractivity contribution is 5.29. The fourth-order valence-electron chi connectivity index (χ4n) is 2.24. The minimum atomic E-state index is 0.0402. The summed E-state index contributed by atoms with van der Waals surface area (Å²) in [5.41, 5.74) is 3.99. The van der Waals surface area contributed by atoms with E-state index >= 15 is 0 Å². The van der Waals surface area contributed by atoms with Crippen LogP contribution in [0.5, 0.6) is 5.75 Å². The number of benzene rings is 1. The first-order chi connectivity index (χ1) is 9.78. The van der Waals surface area contributed by atoms with Crippen LogP contribution < -0.4 is 16.0 Å². The molecule has 5 nitrogen and oxygen atoms in total. The minimum absolute atomic E-state index is 0.0402. The number of hydrazine groups is 1. The van der Waals surface area contributed by atoms with Gasteiger partial charge in [-0.05, 0) is 31.5 Å². The van der Waals surface area contributed by atoms with Crippen molar-refractivity contribution in [2.24, 2.45) is 5.84 Å². The van der Waals surface area contributed by atoms with Gasteiger partial charge < -0.3 is 9.30 Å². The monoisotopic (exact) mass is 274 g/mol. The number of aromatic nitrogens is 2. The van der Waals surface area contributed by atoms with E-state index in [1.54, 1.807) is 0 Å². The van der Waals surface area contributed by atoms with Gasteiger partial charge in [-0.1, -0.05) is 12.1 Å². The van der Waals surface area contributed by atoms with E-state index < -0.39 is 0 Å². The molecule has 0 bridgehead atoms. The molecule has 0 spiro atoms. The summed E-state index contributed by atoms with van der Waals surface area (Å²) in [6.45, 7) is 5.66. The molecule has 0 aliphatic heterocycles. The van der Waals surface area contributed by atoms with Crippen molar-refractivity contribution in [2.45, 2.75) is 32.9 Å². The maximum atomic E-state index is 5.69. The zero-order chi connectivity index (χ0) is 14.4. The van der Waals surface area contributed by atoms with Gasteiger partial charge in [0.05, 0.1) is 12.6 Å². The third kappa shape index (κ3) is 3.37. The van der Waals surface area contributed by atoms with Crippen LogP contribution in [0.2, 0.25) is 0 Å². The molecule has 0 aliphatic rings. The number of rotatable bonds is 7. The lowest BCUT2D eigenvalue weighted by Gasteiger charge is -2.17. The SMILES string of the molecule is CCOc1ccc(C(Cc2nccn2CC)NN)cc1. The Bertz CT molecular complexity index is 521. The summed E-state index contributed by atoms with van der Waals surface area (Å²) in [5, 5.41) is 0. The first-order valence-corrected chi connectivity index (χ1v) is 6.97. The van der Waals surface area contributed by atoms with Crippen molar-refractivity contribution in [3.8, 4) is 5.75 Å². The second-order valence-electron chi connectivity index (χ2n) is 4.55. The average Bonchev–Trinajstić information content (AvgIpc) is 2.93. The average molecular weight is 274 g/mol. The lowest BCUT2D eigenvalue weighted by Crippen LogP contribution is -2.30. The Balaban J connectivity index is 2.11. The Hall–Kier alpha value is -1.85. The van der Waals surface area contributed by atoms with Crippen LogP contribution in [0.1, 0.15) is 31.3 Å². The van der Waals surface area contributed by atoms with E-state index in [1.165, 1.54) is 0 Å². The molecule has 20 heavy (non-hydrogen) atoms. The standard InChI is InChI=1S/C15H22N4O/c1-3-19-10-9-17-15(19)11-14(18-16)12-5-7-13(8-6-12)20-4-2/h5-10,14,18H,3-4,11,16H2,1-2H3. The second-order valence-corrected chi connectivity index (χ2v) is 4.55. The number of hydrogen-bond donors (Lipinski definition) is 2. The predicted molar refractivity (Wildman–Crippen MR) is 79.3 cm³/mol. The maximum Gasteiger partial charge on any atom is 0.119 e. The van der Waals surface area contributed by atoms with Gasteiger partial charge in [0.25, 0.3) is 0 Å². The Morgan fingerprint density at radius 2 is 2.05 bits per heavy atom. The molecule has 5 heteroatoms. The summed E-state index contributed by atoms with van der Waals surface area (Å²) in [6.07, 6.45) is 4.57. The van der Waals surface area contributed by atoms with Crippen molar-refractivity contribution >= 4 is 0 Å². The molecule has 2 rings (SSSR count). The van der Waals surface area contributed by atoms with E-state index in [4.69, 9.17) is 10.6 Å². The van der Waals surface area contributed by atoms with Crippen LogP contribution in [-0.4, -0.2) is 16.2 Å². The third-order valence-corrected chi connectivity index (χ3v) is 3.32. The predicted octanol–water partition coefficient (Wildman–Crippen LogP) is 2.05. The van der Waals surface area contributed by atoms with E-state index in [0.717, 1.165) is 30.1 Å². The van der Waals surface area contributed by atoms with Crippen molar-refractivity contribution in [1.29, 1.82) is 0 Å². The third-order valence-electron chi connectivity index (χ3n) is 3.32. The van der Waals surface area contributed by atoms with Gasteiger partial charge in [-0.2, -0.15) is 0 Å². The van der Waals surface area contributed by atoms with Gasteiger partial charge in [0.1, 0.15) is 11.6 Å². The topological polar surface area (TPSA) is 65.1 Å². The Labute approximate surface area is 119 Å². The van der Waals surface area contributed by atoms with Gasteiger partial charge in [-0.3, -0.25) is 11.3 Å². The molecule has 3 N–H and O–H groups in total. The van der Waals surface area contributed by atoms with Gasteiger partial charge in [0, 0.05) is 25.4 Å². The highest BCUT2D eigenvalue weighted by Crippen LogP contribution is 2.20. The Kier molecular flexibility index (Phi) is 5.15. The summed E-state index contributed by atoms with van der Waals surface area (Å²) >= 11 is 0. The number of nitrogens with two attached hydrogens (primary N) is 1. The summed E-state index contributed by atoms with van der Waals surface area (Å²) in [4.78, 5) is 4.39. The van der Waals surface area contributed by atoms with Crippen LogP contribution in [0, 0.1) is 0 Å². The van der Waals surface area contributed by atoms with Crippen molar-refractivity contribution in [1.82, 2.24) is 15.0 Å². The molecular formula is C15H22N4O. The number of hydrogen-bond acceptors (Lipinski definition) is 4. The number of nitrogens with one attached hydrogen (secondary N) is 1. The van der Waals surface area contributed by atoms with Gasteiger partial charge in [0.15, 0.2) is 0 Å². The van der Waals surface area contributed by atoms with Crippen molar-refractivity contribution < 1.29 is 4.74 Å². The number of imidazole rings is 1. The summed E-state index contributed by atoms with van der Waals surface area (Å²) in [5.74, 6) is 7.60. The number of aryl methyl sites for hydroxylation is 1. The zero-order valence-corrected chi connectivity index (χ0v) is 12.0. The molecule has 1 aromatic carbocycles. The number of nitrogens with zero attached hydrogens (tertiary/aromatic N) is 2. The lowest BCUT2D eigenvalue weighted by atomic mass is 10.0. The van der Waals surface area contributed by atoms with E-state index in [9.17, 15) is 0 Å². The van der Waals surface area contributed by atoms with Crippen molar-refractivity contribution in [3.63, 3.8) is 0 Å². The summed E-state index contributed by atoms with van der Waals surface area (Å²) in [6, 6.07) is 8.05. The lowest BCUT2D eigenvalue weighted by molar-refractivity contribution is 0.340. The van der Waals surface area contributed by atoms with E-state index in [-0.39, 0.29) is 6.04 Å². The summed E-state index contributed by atoms with van der Waals surface area (Å²) in [7, 11) is 0. The van der Waals surface area contributed by atoms with Crippen LogP contribution >= 0.6 is 0 Å². The molecular weight excluding hydrogens is 252 g/mol. The smallest absolute Gasteiger partial charge is 0.119 e. The molecule has 1 aromatic heterocycles. The van der Waals surface area contributed by atoms with Crippen molar-refractivity contribution in [3.05, 3.63) is 48.0 Å². The van der Waals surface area contributed by atoms with E-state index in [0.29, 0.717) is 6.61 Å². The van der Waals surface area contributed by atoms with E-state index in [2.05, 4.69) is 21.9 Å². The maximum absolute atomic E-state index is 5.69. The molecule has 108 valence electrons. The minimum Gasteiger partial charge on any atom is -0.494 e. The number of ether oxygens (including phenoxy) is 1. The molecule has 0 radical (unpaired) electrons. The van der Waals surface area contributed by atoms with Crippen molar-refractivity contribution in [2.75, 3.05) is 6.61 Å². The normalized spacial score (nSPS) is 12.3. The molecule has 1 unspecified atom stereocenters. The van der Waals surface area contributed by atoms with Gasteiger partial charge in [-0.25, -0.2) is 4.98 Å². The van der Waals surface area contributed by atoms with Crippen LogP contribution in [0.4, 0.5) is 0 Å². The second kappa shape index (κ2) is 7.07. The molecule has 0 amide bonds. The van der Waals surface area contributed by atoms with Crippen LogP contribution in [-0.2, 0) is 13.0 Å².